The van der Waals surface area contributed by atoms with Gasteiger partial charge in [0.25, 0.3) is 0 Å². The lowest BCUT2D eigenvalue weighted by Crippen LogP contribution is -2.09. The Balaban J connectivity index is 0.000000163. The van der Waals surface area contributed by atoms with E-state index in [4.69, 9.17) is 9.84 Å². The van der Waals surface area contributed by atoms with Crippen LogP contribution in [0.3, 0.4) is 0 Å². The fraction of sp³-hybridized carbons (Fsp3) is 0.381. The summed E-state index contributed by atoms with van der Waals surface area (Å²) in [6, 6.07) is 4.10. The van der Waals surface area contributed by atoms with Gasteiger partial charge in [-0.05, 0) is 61.6 Å². The molecule has 0 unspecified atom stereocenters. The molecule has 0 atom stereocenters. The topological polar surface area (TPSA) is 101 Å². The van der Waals surface area contributed by atoms with E-state index in [2.05, 4.69) is 0 Å². The second-order valence-corrected chi connectivity index (χ2v) is 8.87. The first-order valence-electron chi connectivity index (χ1n) is 9.42. The van der Waals surface area contributed by atoms with Gasteiger partial charge in [0.1, 0.15) is 17.1 Å². The van der Waals surface area contributed by atoms with E-state index in [1.165, 1.54) is 37.5 Å². The van der Waals surface area contributed by atoms with Gasteiger partial charge in [0, 0.05) is 6.07 Å². The summed E-state index contributed by atoms with van der Waals surface area (Å²) in [7, 11) is -3.06. The fourth-order valence-electron chi connectivity index (χ4n) is 3.75. The van der Waals surface area contributed by atoms with E-state index in [-0.39, 0.29) is 11.3 Å². The molecular formula is C21H24O6S. The minimum atomic E-state index is -3.06. The molecule has 1 saturated carbocycles. The largest absolute Gasteiger partial charge is 0.507 e. The number of fused-ring (bicyclic) bond motifs is 2. The van der Waals surface area contributed by atoms with Crippen LogP contribution in [0.1, 0.15) is 49.4 Å². The molecule has 2 bridgehead atoms. The van der Waals surface area contributed by atoms with E-state index >= 15 is 0 Å². The molecule has 3 aliphatic rings. The average Bonchev–Trinajstić information content (AvgIpc) is 3.10. The van der Waals surface area contributed by atoms with Crippen molar-refractivity contribution in [3.63, 3.8) is 0 Å². The van der Waals surface area contributed by atoms with Crippen molar-refractivity contribution in [2.75, 3.05) is 6.61 Å². The Bertz CT molecular complexity index is 963. The van der Waals surface area contributed by atoms with E-state index < -0.39 is 15.8 Å². The molecular weight excluding hydrogens is 380 g/mol. The molecule has 0 saturated heterocycles. The van der Waals surface area contributed by atoms with Crippen molar-refractivity contribution in [2.24, 2.45) is 5.92 Å². The third-order valence-corrected chi connectivity index (χ3v) is 6.96. The highest BCUT2D eigenvalue weighted by Crippen LogP contribution is 2.43. The van der Waals surface area contributed by atoms with Crippen LogP contribution in [0.2, 0.25) is 0 Å². The molecule has 0 aromatic heterocycles. The molecule has 1 fully saturated rings. The summed E-state index contributed by atoms with van der Waals surface area (Å²) in [5.74, 6) is -0.477. The van der Waals surface area contributed by atoms with E-state index in [0.717, 1.165) is 18.4 Å². The Kier molecular flexibility index (Phi) is 5.93. The lowest BCUT2D eigenvalue weighted by molar-refractivity contribution is 0.0693. The van der Waals surface area contributed by atoms with Crippen molar-refractivity contribution in [2.45, 2.75) is 39.0 Å². The van der Waals surface area contributed by atoms with Crippen molar-refractivity contribution in [3.8, 4) is 11.5 Å². The SMILES string of the molecule is CCOc1ccc(C(=O)O)c(O)c1.O=S1(=O)C2=CC(C3CCCCC3)=C1C=C2. The Morgan fingerprint density at radius 2 is 1.89 bits per heavy atom. The van der Waals surface area contributed by atoms with Gasteiger partial charge in [0.05, 0.1) is 16.4 Å². The van der Waals surface area contributed by atoms with Crippen LogP contribution in [0.5, 0.6) is 11.5 Å². The summed E-state index contributed by atoms with van der Waals surface area (Å²) < 4.78 is 28.7. The summed E-state index contributed by atoms with van der Waals surface area (Å²) in [6.07, 6.45) is 11.5. The zero-order valence-electron chi connectivity index (χ0n) is 15.7. The first-order chi connectivity index (χ1) is 13.3. The minimum absolute atomic E-state index is 0.122. The van der Waals surface area contributed by atoms with Gasteiger partial charge < -0.3 is 14.9 Å². The van der Waals surface area contributed by atoms with Crippen LogP contribution >= 0.6 is 0 Å². The second-order valence-electron chi connectivity index (χ2n) is 6.96. The molecule has 4 rings (SSSR count). The van der Waals surface area contributed by atoms with Crippen LogP contribution in [0.4, 0.5) is 0 Å². The number of rotatable bonds is 4. The average molecular weight is 404 g/mol. The molecule has 0 amide bonds. The third kappa shape index (κ3) is 3.99. The van der Waals surface area contributed by atoms with E-state index in [1.54, 1.807) is 12.2 Å². The Morgan fingerprint density at radius 3 is 2.39 bits per heavy atom. The minimum Gasteiger partial charge on any atom is -0.507 e. The first kappa shape index (κ1) is 20.2. The van der Waals surface area contributed by atoms with Crippen LogP contribution in [-0.4, -0.2) is 31.2 Å². The zero-order valence-corrected chi connectivity index (χ0v) is 16.5. The maximum atomic E-state index is 11.8. The molecule has 1 aliphatic carbocycles. The third-order valence-electron chi connectivity index (χ3n) is 5.14. The Hall–Kier alpha value is -2.54. The number of carbonyl (C=O) groups is 1. The number of carboxylic acids is 1. The molecule has 2 N–H and O–H groups in total. The lowest BCUT2D eigenvalue weighted by atomic mass is 9.83. The van der Waals surface area contributed by atoms with Gasteiger partial charge in [-0.2, -0.15) is 0 Å². The molecule has 1 aromatic carbocycles. The predicted octanol–water partition coefficient (Wildman–Crippen LogP) is 4.19. The molecule has 150 valence electrons. The summed E-state index contributed by atoms with van der Waals surface area (Å²) in [5.41, 5.74) is 0.968. The number of ether oxygens (including phenoxy) is 1. The van der Waals surface area contributed by atoms with Gasteiger partial charge in [-0.25, -0.2) is 13.2 Å². The van der Waals surface area contributed by atoms with Crippen LogP contribution in [-0.2, 0) is 9.84 Å². The van der Waals surface area contributed by atoms with E-state index in [1.807, 2.05) is 13.0 Å². The van der Waals surface area contributed by atoms with Crippen LogP contribution in [0.25, 0.3) is 0 Å². The van der Waals surface area contributed by atoms with Crippen LogP contribution in [0, 0.1) is 5.92 Å². The zero-order chi connectivity index (χ0) is 20.3. The summed E-state index contributed by atoms with van der Waals surface area (Å²) >= 11 is 0. The summed E-state index contributed by atoms with van der Waals surface area (Å²) in [6.45, 7) is 2.29. The van der Waals surface area contributed by atoms with Gasteiger partial charge in [-0.15, -0.1) is 0 Å². The molecule has 2 heterocycles. The molecule has 1 aromatic rings. The van der Waals surface area contributed by atoms with Gasteiger partial charge in [0.2, 0.25) is 9.84 Å². The maximum Gasteiger partial charge on any atom is 0.339 e. The molecule has 0 spiro atoms. The molecule has 2 aliphatic heterocycles. The summed E-state index contributed by atoms with van der Waals surface area (Å²) in [4.78, 5) is 11.6. The fourth-order valence-corrected chi connectivity index (χ4v) is 5.31. The standard InChI is InChI=1S/C12H14O2S.C9H10O4/c13-15(14)10-6-7-12(15)11(8-10)9-4-2-1-3-5-9;1-2-13-6-3-4-7(9(11)12)8(10)5-6/h6-9H,1-5H2;3-5,10H,2H2,1H3,(H,11,12). The first-order valence-corrected chi connectivity index (χ1v) is 10.9. The van der Waals surface area contributed by atoms with Crippen molar-refractivity contribution < 1.29 is 28.2 Å². The number of sulfone groups is 1. The second kappa shape index (κ2) is 8.22. The Morgan fingerprint density at radius 1 is 1.18 bits per heavy atom. The van der Waals surface area contributed by atoms with Crippen LogP contribution < -0.4 is 4.74 Å². The highest BCUT2D eigenvalue weighted by molar-refractivity contribution is 8.00. The van der Waals surface area contributed by atoms with Gasteiger partial charge >= 0.3 is 5.97 Å². The number of hydrogen-bond donors (Lipinski definition) is 2. The van der Waals surface area contributed by atoms with Gasteiger partial charge in [0.15, 0.2) is 0 Å². The van der Waals surface area contributed by atoms with Crippen molar-refractivity contribution in [3.05, 3.63) is 57.4 Å². The number of carboxylic acid groups (broad SMARTS) is 1. The van der Waals surface area contributed by atoms with Crippen molar-refractivity contribution >= 4 is 15.8 Å². The van der Waals surface area contributed by atoms with Crippen LogP contribution in [0.15, 0.2) is 51.8 Å². The smallest absolute Gasteiger partial charge is 0.339 e. The number of aromatic hydroxyl groups is 1. The molecule has 6 nitrogen and oxygen atoms in total. The lowest BCUT2D eigenvalue weighted by Gasteiger charge is -2.22. The number of benzene rings is 1. The van der Waals surface area contributed by atoms with Crippen molar-refractivity contribution in [1.82, 2.24) is 0 Å². The van der Waals surface area contributed by atoms with Gasteiger partial charge in [-0.3, -0.25) is 0 Å². The number of aromatic carboxylic acids is 1. The maximum absolute atomic E-state index is 11.8. The quantitative estimate of drug-likeness (QED) is 0.780. The number of allylic oxidation sites excluding steroid dienone is 4. The van der Waals surface area contributed by atoms with Gasteiger partial charge in [-0.1, -0.05) is 19.3 Å². The Labute approximate surface area is 164 Å². The number of phenols is 1. The predicted molar refractivity (Wildman–Crippen MR) is 106 cm³/mol. The molecule has 28 heavy (non-hydrogen) atoms. The van der Waals surface area contributed by atoms with E-state index in [9.17, 15) is 18.3 Å². The molecule has 0 radical (unpaired) electrons. The number of hydrogen-bond acceptors (Lipinski definition) is 5. The molecule has 7 heteroatoms. The normalized spacial score (nSPS) is 19.8. The van der Waals surface area contributed by atoms with E-state index in [0.29, 0.717) is 28.1 Å². The summed E-state index contributed by atoms with van der Waals surface area (Å²) in [5, 5.41) is 17.8. The monoisotopic (exact) mass is 404 g/mol. The highest BCUT2D eigenvalue weighted by atomic mass is 32.2. The van der Waals surface area contributed by atoms with Crippen molar-refractivity contribution in [1.29, 1.82) is 0 Å². The highest BCUT2D eigenvalue weighted by Gasteiger charge is 2.36.